The Morgan fingerprint density at radius 3 is 2.33 bits per heavy atom. The number of nitrogens with one attached hydrogen (secondary N) is 4. The van der Waals surface area contributed by atoms with Crippen molar-refractivity contribution in [2.45, 2.75) is 19.1 Å². The third-order valence-electron chi connectivity index (χ3n) is 5.19. The molecule has 3 aromatic rings. The summed E-state index contributed by atoms with van der Waals surface area (Å²) in [7, 11) is 0. The maximum absolute atomic E-state index is 12.4. The number of anilines is 2. The monoisotopic (exact) mass is 444 g/mol. The molecule has 0 saturated heterocycles. The van der Waals surface area contributed by atoms with Crippen LogP contribution in [0.15, 0.2) is 78.9 Å². The molecule has 33 heavy (non-hydrogen) atoms. The van der Waals surface area contributed by atoms with E-state index in [1.54, 1.807) is 42.5 Å². The Morgan fingerprint density at radius 1 is 0.848 bits per heavy atom. The molecule has 8 heteroatoms. The zero-order valence-electron chi connectivity index (χ0n) is 17.8. The van der Waals surface area contributed by atoms with Crippen molar-refractivity contribution in [1.82, 2.24) is 10.8 Å². The van der Waals surface area contributed by atoms with Crippen LogP contribution in [0.5, 0.6) is 0 Å². The van der Waals surface area contributed by atoms with Gasteiger partial charge in [-0.3, -0.25) is 19.2 Å². The van der Waals surface area contributed by atoms with Crippen LogP contribution in [0.3, 0.4) is 0 Å². The van der Waals surface area contributed by atoms with E-state index in [0.717, 1.165) is 5.56 Å². The largest absolute Gasteiger partial charge is 0.372 e. The summed E-state index contributed by atoms with van der Waals surface area (Å²) in [6, 6.07) is 22.8. The van der Waals surface area contributed by atoms with Crippen LogP contribution in [0.25, 0.3) is 0 Å². The fourth-order valence-corrected chi connectivity index (χ4v) is 3.43. The van der Waals surface area contributed by atoms with Gasteiger partial charge in [0.05, 0.1) is 18.0 Å². The molecule has 1 unspecified atom stereocenters. The molecule has 0 radical (unpaired) electrons. The van der Waals surface area contributed by atoms with E-state index in [9.17, 15) is 14.4 Å². The second-order valence-electron chi connectivity index (χ2n) is 7.56. The van der Waals surface area contributed by atoms with Crippen LogP contribution < -0.4 is 21.4 Å². The molecule has 8 nitrogen and oxygen atoms in total. The summed E-state index contributed by atoms with van der Waals surface area (Å²) in [5, 5.41) is 8.80. The van der Waals surface area contributed by atoms with Crippen molar-refractivity contribution < 1.29 is 19.2 Å². The fraction of sp³-hybridized carbons (Fsp3) is 0.160. The predicted molar refractivity (Wildman–Crippen MR) is 125 cm³/mol. The lowest BCUT2D eigenvalue weighted by molar-refractivity contribution is -0.117. The molecule has 1 aliphatic heterocycles. The van der Waals surface area contributed by atoms with Gasteiger partial charge in [-0.25, -0.2) is 5.48 Å². The number of carbonyl (C=O) groups excluding carboxylic acids is 3. The first-order valence-electron chi connectivity index (χ1n) is 10.6. The Balaban J connectivity index is 1.31. The lowest BCUT2D eigenvalue weighted by Gasteiger charge is -2.27. The molecule has 0 fully saturated rings. The van der Waals surface area contributed by atoms with Crippen LogP contribution in [0, 0.1) is 0 Å². The lowest BCUT2D eigenvalue weighted by Crippen LogP contribution is -2.41. The summed E-state index contributed by atoms with van der Waals surface area (Å²) in [4.78, 5) is 42.3. The standard InChI is InChI=1S/C25H24N4O4/c30-23(18-9-5-2-6-10-18)26-14-13-21-25(32)28-20-12-11-19(15-22(20)27-21)24(31)29-33-16-17-7-3-1-4-8-17/h1-12,15,21,27H,13-14,16H2,(H,26,30)(H,28,32)(H,29,31). The van der Waals surface area contributed by atoms with E-state index in [1.807, 2.05) is 36.4 Å². The van der Waals surface area contributed by atoms with Crippen LogP contribution in [0.4, 0.5) is 11.4 Å². The summed E-state index contributed by atoms with van der Waals surface area (Å²) in [6.07, 6.45) is 0.389. The Morgan fingerprint density at radius 2 is 1.58 bits per heavy atom. The van der Waals surface area contributed by atoms with Gasteiger partial charge in [-0.1, -0.05) is 48.5 Å². The minimum atomic E-state index is -0.541. The quantitative estimate of drug-likeness (QED) is 0.399. The van der Waals surface area contributed by atoms with Gasteiger partial charge in [-0.15, -0.1) is 0 Å². The van der Waals surface area contributed by atoms with Crippen molar-refractivity contribution in [3.05, 3.63) is 95.6 Å². The van der Waals surface area contributed by atoms with E-state index >= 15 is 0 Å². The third kappa shape index (κ3) is 5.75. The summed E-state index contributed by atoms with van der Waals surface area (Å²) in [6.45, 7) is 0.574. The Hall–Kier alpha value is -4.17. The van der Waals surface area contributed by atoms with Gasteiger partial charge in [-0.05, 0) is 42.3 Å². The molecule has 0 aliphatic carbocycles. The summed E-state index contributed by atoms with van der Waals surface area (Å²) < 4.78 is 0. The number of rotatable bonds is 8. The molecular formula is C25H24N4O4. The average Bonchev–Trinajstić information content (AvgIpc) is 2.85. The zero-order chi connectivity index (χ0) is 23.0. The molecule has 0 saturated carbocycles. The van der Waals surface area contributed by atoms with E-state index in [1.165, 1.54) is 0 Å². The van der Waals surface area contributed by atoms with Gasteiger partial charge >= 0.3 is 0 Å². The van der Waals surface area contributed by atoms with Crippen molar-refractivity contribution in [2.24, 2.45) is 0 Å². The topological polar surface area (TPSA) is 109 Å². The smallest absolute Gasteiger partial charge is 0.274 e. The minimum Gasteiger partial charge on any atom is -0.372 e. The second-order valence-corrected chi connectivity index (χ2v) is 7.56. The van der Waals surface area contributed by atoms with Gasteiger partial charge in [0.2, 0.25) is 5.91 Å². The Kier molecular flexibility index (Phi) is 6.96. The third-order valence-corrected chi connectivity index (χ3v) is 5.19. The highest BCUT2D eigenvalue weighted by Gasteiger charge is 2.26. The normalized spacial score (nSPS) is 14.4. The Labute approximate surface area is 191 Å². The van der Waals surface area contributed by atoms with E-state index < -0.39 is 6.04 Å². The van der Waals surface area contributed by atoms with Crippen LogP contribution in [0.1, 0.15) is 32.7 Å². The van der Waals surface area contributed by atoms with Gasteiger partial charge < -0.3 is 16.0 Å². The lowest BCUT2D eigenvalue weighted by atomic mass is 10.1. The molecule has 1 heterocycles. The number of hydrogen-bond acceptors (Lipinski definition) is 5. The van der Waals surface area contributed by atoms with E-state index in [-0.39, 0.29) is 24.3 Å². The van der Waals surface area contributed by atoms with E-state index in [2.05, 4.69) is 21.4 Å². The number of fused-ring (bicyclic) bond motifs is 1. The highest BCUT2D eigenvalue weighted by molar-refractivity contribution is 6.05. The van der Waals surface area contributed by atoms with Crippen LogP contribution >= 0.6 is 0 Å². The number of benzene rings is 3. The van der Waals surface area contributed by atoms with Gasteiger partial charge in [0.25, 0.3) is 11.8 Å². The number of carbonyl (C=O) groups is 3. The molecule has 0 bridgehead atoms. The van der Waals surface area contributed by atoms with E-state index in [4.69, 9.17) is 4.84 Å². The molecule has 0 spiro atoms. The minimum absolute atomic E-state index is 0.193. The Bertz CT molecular complexity index is 1140. The van der Waals surface area contributed by atoms with Gasteiger partial charge in [0.1, 0.15) is 6.04 Å². The molecule has 3 aromatic carbocycles. The van der Waals surface area contributed by atoms with Crippen LogP contribution in [0.2, 0.25) is 0 Å². The number of amides is 3. The fourth-order valence-electron chi connectivity index (χ4n) is 3.43. The van der Waals surface area contributed by atoms with Crippen LogP contribution in [-0.4, -0.2) is 30.3 Å². The van der Waals surface area contributed by atoms with Crippen LogP contribution in [-0.2, 0) is 16.2 Å². The molecular weight excluding hydrogens is 420 g/mol. The number of hydrogen-bond donors (Lipinski definition) is 4. The van der Waals surface area contributed by atoms with Gasteiger partial charge in [0, 0.05) is 17.7 Å². The summed E-state index contributed by atoms with van der Waals surface area (Å²) >= 11 is 0. The molecule has 1 aliphatic rings. The van der Waals surface area contributed by atoms with Gasteiger partial charge in [-0.2, -0.15) is 0 Å². The molecule has 0 aromatic heterocycles. The molecule has 4 rings (SSSR count). The second kappa shape index (κ2) is 10.4. The van der Waals surface area contributed by atoms with Crippen molar-refractivity contribution in [3.63, 3.8) is 0 Å². The highest BCUT2D eigenvalue weighted by Crippen LogP contribution is 2.28. The molecule has 3 amide bonds. The maximum atomic E-state index is 12.4. The zero-order valence-corrected chi connectivity index (χ0v) is 17.8. The molecule has 4 N–H and O–H groups in total. The maximum Gasteiger partial charge on any atom is 0.274 e. The van der Waals surface area contributed by atoms with Crippen molar-refractivity contribution in [2.75, 3.05) is 17.2 Å². The SMILES string of the molecule is O=C(NCCC1Nc2cc(C(=O)NOCc3ccccc3)ccc2NC1=O)c1ccccc1. The van der Waals surface area contributed by atoms with E-state index in [0.29, 0.717) is 35.5 Å². The molecule has 1 atom stereocenters. The first-order valence-corrected chi connectivity index (χ1v) is 10.6. The average molecular weight is 444 g/mol. The first-order chi connectivity index (χ1) is 16.1. The number of hydroxylamine groups is 1. The van der Waals surface area contributed by atoms with Crippen molar-refractivity contribution in [1.29, 1.82) is 0 Å². The van der Waals surface area contributed by atoms with Gasteiger partial charge in [0.15, 0.2) is 0 Å². The summed E-state index contributed by atoms with van der Waals surface area (Å²) in [5.41, 5.74) is 5.55. The summed E-state index contributed by atoms with van der Waals surface area (Å²) in [5.74, 6) is -0.777. The predicted octanol–water partition coefficient (Wildman–Crippen LogP) is 3.10. The molecule has 168 valence electrons. The van der Waals surface area contributed by atoms with Crippen molar-refractivity contribution >= 4 is 29.1 Å². The first kappa shape index (κ1) is 22.0. The van der Waals surface area contributed by atoms with Crippen molar-refractivity contribution in [3.8, 4) is 0 Å². The highest BCUT2D eigenvalue weighted by atomic mass is 16.6.